The third-order valence-corrected chi connectivity index (χ3v) is 4.76. The minimum absolute atomic E-state index is 0.150. The number of carbonyl (C=O) groups excluding carboxylic acids is 3. The van der Waals surface area contributed by atoms with Gasteiger partial charge in [0.05, 0.1) is 6.04 Å². The molecule has 2 aliphatic rings. The standard InChI is InChI=1S/C17H21FN4O3/c18-12-2-1-3-14(8-12)22-10-13(9-15(22)23)20-17(25)21-6-4-11(5-7-21)16(19)24/h1-3,8,11,13H,4-7,9-10H2,(H2,19,24)(H,20,25). The number of benzene rings is 1. The molecule has 0 spiro atoms. The maximum absolute atomic E-state index is 13.3. The summed E-state index contributed by atoms with van der Waals surface area (Å²) in [6.45, 7) is 1.24. The fourth-order valence-corrected chi connectivity index (χ4v) is 3.33. The van der Waals surface area contributed by atoms with Crippen molar-refractivity contribution in [2.45, 2.75) is 25.3 Å². The van der Waals surface area contributed by atoms with Crippen molar-refractivity contribution in [2.24, 2.45) is 11.7 Å². The van der Waals surface area contributed by atoms with Gasteiger partial charge in [-0.1, -0.05) is 6.07 Å². The number of nitrogens with one attached hydrogen (secondary N) is 1. The van der Waals surface area contributed by atoms with E-state index in [0.717, 1.165) is 0 Å². The van der Waals surface area contributed by atoms with E-state index in [1.54, 1.807) is 17.0 Å². The van der Waals surface area contributed by atoms with Gasteiger partial charge in [-0.15, -0.1) is 0 Å². The van der Waals surface area contributed by atoms with E-state index in [1.807, 2.05) is 0 Å². The van der Waals surface area contributed by atoms with Crippen molar-refractivity contribution in [1.82, 2.24) is 10.2 Å². The van der Waals surface area contributed by atoms with E-state index >= 15 is 0 Å². The lowest BCUT2D eigenvalue weighted by Crippen LogP contribution is -2.49. The summed E-state index contributed by atoms with van der Waals surface area (Å²) in [4.78, 5) is 38.8. The van der Waals surface area contributed by atoms with Gasteiger partial charge < -0.3 is 20.9 Å². The van der Waals surface area contributed by atoms with Gasteiger partial charge in [0.25, 0.3) is 0 Å². The Labute approximate surface area is 144 Å². The number of nitrogens with zero attached hydrogens (tertiary/aromatic N) is 2. The molecule has 134 valence electrons. The Morgan fingerprint density at radius 3 is 2.60 bits per heavy atom. The summed E-state index contributed by atoms with van der Waals surface area (Å²) < 4.78 is 13.3. The summed E-state index contributed by atoms with van der Waals surface area (Å²) in [5.41, 5.74) is 5.78. The van der Waals surface area contributed by atoms with Gasteiger partial charge in [-0.25, -0.2) is 9.18 Å². The molecule has 1 atom stereocenters. The van der Waals surface area contributed by atoms with Gasteiger partial charge in [0.15, 0.2) is 0 Å². The third-order valence-electron chi connectivity index (χ3n) is 4.76. The average molecular weight is 348 g/mol. The van der Waals surface area contributed by atoms with Crippen LogP contribution in [0, 0.1) is 11.7 Å². The van der Waals surface area contributed by atoms with Crippen molar-refractivity contribution in [1.29, 1.82) is 0 Å². The van der Waals surface area contributed by atoms with Gasteiger partial charge in [-0.2, -0.15) is 0 Å². The Balaban J connectivity index is 1.55. The van der Waals surface area contributed by atoms with Crippen molar-refractivity contribution in [3.8, 4) is 0 Å². The number of hydrogen-bond acceptors (Lipinski definition) is 3. The molecule has 2 fully saturated rings. The minimum atomic E-state index is -0.407. The molecule has 0 bridgehead atoms. The van der Waals surface area contributed by atoms with E-state index in [4.69, 9.17) is 5.73 Å². The molecule has 4 amide bonds. The molecule has 0 aromatic heterocycles. The van der Waals surface area contributed by atoms with Crippen LogP contribution in [0.2, 0.25) is 0 Å². The molecular weight excluding hydrogens is 327 g/mol. The minimum Gasteiger partial charge on any atom is -0.369 e. The Hall–Kier alpha value is -2.64. The zero-order valence-corrected chi connectivity index (χ0v) is 13.8. The molecule has 25 heavy (non-hydrogen) atoms. The zero-order valence-electron chi connectivity index (χ0n) is 13.8. The number of likely N-dealkylation sites (tertiary alicyclic amines) is 1. The van der Waals surface area contributed by atoms with Crippen LogP contribution < -0.4 is 16.0 Å². The number of halogens is 1. The molecule has 0 saturated carbocycles. The Kier molecular flexibility index (Phi) is 4.87. The fourth-order valence-electron chi connectivity index (χ4n) is 3.33. The number of anilines is 1. The molecule has 1 aromatic rings. The summed E-state index contributed by atoms with van der Waals surface area (Å²) in [7, 11) is 0. The first-order chi connectivity index (χ1) is 11.9. The average Bonchev–Trinajstić information content (AvgIpc) is 2.95. The molecule has 2 heterocycles. The van der Waals surface area contributed by atoms with Crippen LogP contribution in [-0.4, -0.2) is 48.4 Å². The second-order valence-electron chi connectivity index (χ2n) is 6.50. The van der Waals surface area contributed by atoms with Crippen LogP contribution in [0.1, 0.15) is 19.3 Å². The molecule has 0 aliphatic carbocycles. The molecule has 0 radical (unpaired) electrons. The zero-order chi connectivity index (χ0) is 18.0. The van der Waals surface area contributed by atoms with E-state index < -0.39 is 5.82 Å². The number of nitrogens with two attached hydrogens (primary N) is 1. The van der Waals surface area contributed by atoms with E-state index in [-0.39, 0.29) is 36.2 Å². The highest BCUT2D eigenvalue weighted by Crippen LogP contribution is 2.23. The van der Waals surface area contributed by atoms with Gasteiger partial charge in [-0.3, -0.25) is 9.59 Å². The molecule has 3 rings (SSSR count). The van der Waals surface area contributed by atoms with Crippen LogP contribution in [0.4, 0.5) is 14.9 Å². The molecule has 2 aliphatic heterocycles. The fraction of sp³-hybridized carbons (Fsp3) is 0.471. The lowest BCUT2D eigenvalue weighted by molar-refractivity contribution is -0.123. The molecule has 3 N–H and O–H groups in total. The van der Waals surface area contributed by atoms with Gasteiger partial charge >= 0.3 is 6.03 Å². The summed E-state index contributed by atoms with van der Waals surface area (Å²) in [5, 5.41) is 2.85. The topological polar surface area (TPSA) is 95.7 Å². The highest BCUT2D eigenvalue weighted by atomic mass is 19.1. The van der Waals surface area contributed by atoms with Crippen molar-refractivity contribution in [2.75, 3.05) is 24.5 Å². The Morgan fingerprint density at radius 1 is 1.24 bits per heavy atom. The van der Waals surface area contributed by atoms with Crippen LogP contribution in [0.5, 0.6) is 0 Å². The van der Waals surface area contributed by atoms with E-state index in [0.29, 0.717) is 38.2 Å². The normalized spacial score (nSPS) is 21.5. The summed E-state index contributed by atoms with van der Waals surface area (Å²) in [6.07, 6.45) is 1.30. The SMILES string of the molecule is NC(=O)C1CCN(C(=O)NC2CC(=O)N(c3cccc(F)c3)C2)CC1. The quantitative estimate of drug-likeness (QED) is 0.847. The molecule has 1 unspecified atom stereocenters. The second kappa shape index (κ2) is 7.08. The molecule has 2 saturated heterocycles. The van der Waals surface area contributed by atoms with Crippen molar-refractivity contribution in [3.63, 3.8) is 0 Å². The van der Waals surface area contributed by atoms with Crippen LogP contribution in [0.3, 0.4) is 0 Å². The van der Waals surface area contributed by atoms with Crippen LogP contribution in [0.15, 0.2) is 24.3 Å². The first-order valence-corrected chi connectivity index (χ1v) is 8.34. The second-order valence-corrected chi connectivity index (χ2v) is 6.50. The number of urea groups is 1. The van der Waals surface area contributed by atoms with E-state index in [9.17, 15) is 18.8 Å². The third kappa shape index (κ3) is 3.89. The number of rotatable bonds is 3. The lowest BCUT2D eigenvalue weighted by Gasteiger charge is -2.31. The van der Waals surface area contributed by atoms with Crippen LogP contribution >= 0.6 is 0 Å². The molecule has 7 nitrogen and oxygen atoms in total. The number of carbonyl (C=O) groups is 3. The highest BCUT2D eigenvalue weighted by Gasteiger charge is 2.33. The summed E-state index contributed by atoms with van der Waals surface area (Å²) in [6, 6.07) is 5.27. The highest BCUT2D eigenvalue weighted by molar-refractivity contribution is 5.96. The smallest absolute Gasteiger partial charge is 0.317 e. The summed E-state index contributed by atoms with van der Waals surface area (Å²) >= 11 is 0. The van der Waals surface area contributed by atoms with Crippen LogP contribution in [0.25, 0.3) is 0 Å². The number of piperidine rings is 1. The predicted molar refractivity (Wildman–Crippen MR) is 89.2 cm³/mol. The molecule has 1 aromatic carbocycles. The van der Waals surface area contributed by atoms with Gasteiger partial charge in [0.1, 0.15) is 5.82 Å². The summed E-state index contributed by atoms with van der Waals surface area (Å²) in [5.74, 6) is -1.06. The van der Waals surface area contributed by atoms with Crippen molar-refractivity contribution >= 4 is 23.5 Å². The first kappa shape index (κ1) is 17.2. The van der Waals surface area contributed by atoms with Gasteiger partial charge in [0.2, 0.25) is 11.8 Å². The first-order valence-electron chi connectivity index (χ1n) is 8.34. The molecular formula is C17H21FN4O3. The van der Waals surface area contributed by atoms with Crippen LogP contribution in [-0.2, 0) is 9.59 Å². The lowest BCUT2D eigenvalue weighted by atomic mass is 9.96. The Bertz CT molecular complexity index is 688. The predicted octanol–water partition coefficient (Wildman–Crippen LogP) is 0.838. The van der Waals surface area contributed by atoms with Gasteiger partial charge in [0, 0.05) is 37.7 Å². The maximum atomic E-state index is 13.3. The molecule has 8 heteroatoms. The van der Waals surface area contributed by atoms with E-state index in [2.05, 4.69) is 5.32 Å². The van der Waals surface area contributed by atoms with E-state index in [1.165, 1.54) is 17.0 Å². The monoisotopic (exact) mass is 348 g/mol. The number of amides is 4. The Morgan fingerprint density at radius 2 is 1.96 bits per heavy atom. The van der Waals surface area contributed by atoms with Crippen molar-refractivity contribution in [3.05, 3.63) is 30.1 Å². The maximum Gasteiger partial charge on any atom is 0.317 e. The van der Waals surface area contributed by atoms with Crippen molar-refractivity contribution < 1.29 is 18.8 Å². The largest absolute Gasteiger partial charge is 0.369 e. The number of primary amides is 1. The number of hydrogen-bond donors (Lipinski definition) is 2. The van der Waals surface area contributed by atoms with Gasteiger partial charge in [-0.05, 0) is 31.0 Å².